The lowest BCUT2D eigenvalue weighted by atomic mass is 10.3. The smallest absolute Gasteiger partial charge is 0.298 e. The molecule has 0 saturated heterocycles. The Morgan fingerprint density at radius 3 is 2.76 bits per heavy atom. The molecule has 0 radical (unpaired) electrons. The number of carbonyl (C=O) groups excluding carboxylic acids is 1. The number of pyridine rings is 1. The van der Waals surface area contributed by atoms with Crippen molar-refractivity contribution in [3.63, 3.8) is 0 Å². The first-order chi connectivity index (χ1) is 9.93. The number of fused-ring (bicyclic) bond motifs is 1. The largest absolute Gasteiger partial charge is 0.433 e. The lowest BCUT2D eigenvalue weighted by molar-refractivity contribution is -0.141. The average Bonchev–Trinajstić information content (AvgIpc) is 3.05. The van der Waals surface area contributed by atoms with Gasteiger partial charge in [-0.05, 0) is 17.6 Å². The van der Waals surface area contributed by atoms with Crippen LogP contribution in [-0.4, -0.2) is 20.2 Å². The maximum atomic E-state index is 12.6. The third-order valence-electron chi connectivity index (χ3n) is 2.48. The van der Waals surface area contributed by atoms with E-state index in [0.717, 1.165) is 35.1 Å². The van der Waals surface area contributed by atoms with Crippen LogP contribution in [0.15, 0.2) is 23.8 Å². The van der Waals surface area contributed by atoms with Gasteiger partial charge in [-0.2, -0.15) is 13.2 Å². The first-order valence-corrected chi connectivity index (χ1v) is 7.13. The van der Waals surface area contributed by atoms with E-state index in [1.54, 1.807) is 5.38 Å². The molecule has 21 heavy (non-hydrogen) atoms. The molecule has 1 N–H and O–H groups in total. The second-order valence-electron chi connectivity index (χ2n) is 3.92. The maximum Gasteiger partial charge on any atom is 0.433 e. The Morgan fingerprint density at radius 2 is 2.10 bits per heavy atom. The fourth-order valence-electron chi connectivity index (χ4n) is 1.53. The van der Waals surface area contributed by atoms with E-state index >= 15 is 0 Å². The Bertz CT molecular complexity index is 798. The van der Waals surface area contributed by atoms with Crippen LogP contribution in [0, 0.1) is 0 Å². The molecule has 5 nitrogen and oxygen atoms in total. The number of nitrogens with one attached hydrogen (secondary N) is 1. The molecule has 3 aromatic heterocycles. The highest BCUT2D eigenvalue weighted by atomic mass is 32.1. The molecule has 0 aliphatic rings. The van der Waals surface area contributed by atoms with E-state index in [-0.39, 0.29) is 5.13 Å². The van der Waals surface area contributed by atoms with E-state index in [2.05, 4.69) is 19.7 Å². The lowest BCUT2D eigenvalue weighted by Gasteiger charge is -2.03. The van der Waals surface area contributed by atoms with Crippen LogP contribution >= 0.6 is 22.9 Å². The van der Waals surface area contributed by atoms with Gasteiger partial charge in [-0.3, -0.25) is 10.1 Å². The molecule has 10 heteroatoms. The van der Waals surface area contributed by atoms with Crippen LogP contribution in [0.1, 0.15) is 16.1 Å². The number of amides is 1. The summed E-state index contributed by atoms with van der Waals surface area (Å²) in [6, 6.07) is 0.912. The fraction of sp³-hybridized carbons (Fsp3) is 0.0909. The topological polar surface area (TPSA) is 67.8 Å². The van der Waals surface area contributed by atoms with Gasteiger partial charge in [0.1, 0.15) is 11.2 Å². The van der Waals surface area contributed by atoms with Crippen molar-refractivity contribution in [1.29, 1.82) is 0 Å². The summed E-state index contributed by atoms with van der Waals surface area (Å²) in [5, 5.41) is 4.29. The Kier molecular flexibility index (Phi) is 3.33. The molecular formula is C11H5F3N4OS2. The molecule has 3 heterocycles. The number of thiazole rings is 1. The normalized spacial score (nSPS) is 11.8. The molecule has 0 unspecified atom stereocenters. The minimum atomic E-state index is -4.51. The van der Waals surface area contributed by atoms with Crippen LogP contribution in [-0.2, 0) is 6.18 Å². The van der Waals surface area contributed by atoms with Crippen LogP contribution in [0.25, 0.3) is 10.2 Å². The van der Waals surface area contributed by atoms with Crippen LogP contribution in [0.3, 0.4) is 0 Å². The highest BCUT2D eigenvalue weighted by Crippen LogP contribution is 2.32. The molecule has 0 aliphatic heterocycles. The predicted octanol–water partition coefficient (Wildman–Crippen LogP) is 3.42. The Hall–Kier alpha value is -2.07. The Morgan fingerprint density at radius 1 is 1.29 bits per heavy atom. The molecule has 0 aliphatic carbocycles. The summed E-state index contributed by atoms with van der Waals surface area (Å²) in [4.78, 5) is 19.1. The van der Waals surface area contributed by atoms with E-state index in [1.807, 2.05) is 0 Å². The number of rotatable bonds is 2. The van der Waals surface area contributed by atoms with E-state index in [4.69, 9.17) is 0 Å². The van der Waals surface area contributed by atoms with Crippen LogP contribution in [0.5, 0.6) is 0 Å². The molecular weight excluding hydrogens is 325 g/mol. The highest BCUT2D eigenvalue weighted by molar-refractivity contribution is 7.22. The van der Waals surface area contributed by atoms with Crippen molar-refractivity contribution in [3.8, 4) is 0 Å². The molecule has 1 amide bonds. The van der Waals surface area contributed by atoms with Crippen LogP contribution in [0.4, 0.5) is 18.3 Å². The van der Waals surface area contributed by atoms with Crippen molar-refractivity contribution in [2.45, 2.75) is 6.18 Å². The van der Waals surface area contributed by atoms with E-state index in [1.165, 1.54) is 6.20 Å². The summed E-state index contributed by atoms with van der Waals surface area (Å²) in [7, 11) is 0. The third kappa shape index (κ3) is 2.85. The van der Waals surface area contributed by atoms with Crippen molar-refractivity contribution < 1.29 is 18.0 Å². The van der Waals surface area contributed by atoms with Crippen molar-refractivity contribution in [3.05, 3.63) is 35.1 Å². The van der Waals surface area contributed by atoms with Crippen LogP contribution in [0.2, 0.25) is 0 Å². The van der Waals surface area contributed by atoms with Gasteiger partial charge in [0.05, 0.1) is 22.7 Å². The van der Waals surface area contributed by atoms with Gasteiger partial charge in [0.25, 0.3) is 5.91 Å². The van der Waals surface area contributed by atoms with Crippen molar-refractivity contribution in [2.24, 2.45) is 0 Å². The summed E-state index contributed by atoms with van der Waals surface area (Å²) in [5.74, 6) is -0.410. The number of halogens is 3. The number of carbonyl (C=O) groups is 1. The molecule has 0 fully saturated rings. The summed E-state index contributed by atoms with van der Waals surface area (Å²) in [6.07, 6.45) is -2.07. The molecule has 0 saturated carbocycles. The second kappa shape index (κ2) is 5.04. The summed E-state index contributed by atoms with van der Waals surface area (Å²) >= 11 is 2.08. The Labute approximate surface area is 123 Å². The number of alkyl halides is 3. The van der Waals surface area contributed by atoms with Crippen molar-refractivity contribution >= 4 is 44.1 Å². The molecule has 3 rings (SSSR count). The number of nitrogens with zero attached hydrogens (tertiary/aromatic N) is 3. The van der Waals surface area contributed by atoms with E-state index < -0.39 is 17.8 Å². The quantitative estimate of drug-likeness (QED) is 0.782. The fourth-order valence-corrected chi connectivity index (χ4v) is 2.91. The molecule has 3 aromatic rings. The SMILES string of the molecule is O=C(Nc1nc2cnc(C(F)(F)F)cc2s1)c1cnsc1. The maximum absolute atomic E-state index is 12.6. The predicted molar refractivity (Wildman–Crippen MR) is 72.5 cm³/mol. The zero-order valence-corrected chi connectivity index (χ0v) is 11.6. The summed E-state index contributed by atoms with van der Waals surface area (Å²) in [5.41, 5.74) is -0.321. The standard InChI is InChI=1S/C11H5F3N4OS2/c12-11(13,14)8-1-7-6(3-15-8)17-10(21-7)18-9(19)5-2-16-20-4-5/h1-4H,(H,17,18,19). The first-order valence-electron chi connectivity index (χ1n) is 5.48. The zero-order chi connectivity index (χ0) is 15.0. The van der Waals surface area contributed by atoms with E-state index in [0.29, 0.717) is 15.8 Å². The number of hydrogen-bond donors (Lipinski definition) is 1. The van der Waals surface area contributed by atoms with Gasteiger partial charge in [0.15, 0.2) is 5.13 Å². The highest BCUT2D eigenvalue weighted by Gasteiger charge is 2.32. The molecule has 0 atom stereocenters. The monoisotopic (exact) mass is 330 g/mol. The zero-order valence-electron chi connectivity index (χ0n) is 10.0. The first kappa shape index (κ1) is 13.9. The molecule has 0 spiro atoms. The van der Waals surface area contributed by atoms with Gasteiger partial charge >= 0.3 is 6.18 Å². The van der Waals surface area contributed by atoms with Gasteiger partial charge in [-0.1, -0.05) is 11.3 Å². The molecule has 0 bridgehead atoms. The molecule has 0 aromatic carbocycles. The number of aromatic nitrogens is 3. The minimum absolute atomic E-state index is 0.210. The van der Waals surface area contributed by atoms with Gasteiger partial charge in [-0.25, -0.2) is 14.3 Å². The van der Waals surface area contributed by atoms with Gasteiger partial charge in [0.2, 0.25) is 0 Å². The second-order valence-corrected chi connectivity index (χ2v) is 5.61. The van der Waals surface area contributed by atoms with Crippen LogP contribution < -0.4 is 5.32 Å². The summed E-state index contributed by atoms with van der Waals surface area (Å²) < 4.78 is 41.8. The molecule has 108 valence electrons. The number of anilines is 1. The Balaban J connectivity index is 1.89. The average molecular weight is 330 g/mol. The van der Waals surface area contributed by atoms with Crippen molar-refractivity contribution in [2.75, 3.05) is 5.32 Å². The van der Waals surface area contributed by atoms with Gasteiger partial charge in [0, 0.05) is 5.38 Å². The van der Waals surface area contributed by atoms with E-state index in [9.17, 15) is 18.0 Å². The summed E-state index contributed by atoms with van der Waals surface area (Å²) in [6.45, 7) is 0. The minimum Gasteiger partial charge on any atom is -0.298 e. The number of hydrogen-bond acceptors (Lipinski definition) is 6. The van der Waals surface area contributed by atoms with Crippen molar-refractivity contribution in [1.82, 2.24) is 14.3 Å². The lowest BCUT2D eigenvalue weighted by Crippen LogP contribution is -2.10. The third-order valence-corrected chi connectivity index (χ3v) is 4.00. The van der Waals surface area contributed by atoms with Gasteiger partial charge < -0.3 is 0 Å². The van der Waals surface area contributed by atoms with Gasteiger partial charge in [-0.15, -0.1) is 0 Å².